The average molecular weight is 407 g/mol. The molecule has 1 aliphatic rings. The van der Waals surface area contributed by atoms with Crippen molar-refractivity contribution in [1.29, 1.82) is 0 Å². The number of carbonyl (C=O) groups excluding carboxylic acids is 1. The lowest BCUT2D eigenvalue weighted by atomic mass is 9.96. The first kappa shape index (κ1) is 19.6. The van der Waals surface area contributed by atoms with E-state index >= 15 is 0 Å². The summed E-state index contributed by atoms with van der Waals surface area (Å²) in [5.41, 5.74) is 1.91. The summed E-state index contributed by atoms with van der Waals surface area (Å²) >= 11 is 0. The van der Waals surface area contributed by atoms with Gasteiger partial charge < -0.3 is 4.90 Å². The van der Waals surface area contributed by atoms with Crippen molar-refractivity contribution in [2.24, 2.45) is 0 Å². The molecule has 0 unspecified atom stereocenters. The monoisotopic (exact) mass is 407 g/mol. The zero-order valence-electron chi connectivity index (χ0n) is 15.8. The van der Waals surface area contributed by atoms with Crippen LogP contribution in [0.3, 0.4) is 0 Å². The van der Waals surface area contributed by atoms with Gasteiger partial charge in [0.15, 0.2) is 0 Å². The molecule has 3 aromatic rings. The molecule has 2 heterocycles. The van der Waals surface area contributed by atoms with Gasteiger partial charge in [-0.25, -0.2) is 9.97 Å². The Balaban J connectivity index is 1.53. The first-order chi connectivity index (χ1) is 14.4. The van der Waals surface area contributed by atoms with Gasteiger partial charge in [-0.3, -0.25) is 4.79 Å². The largest absolute Gasteiger partial charge is 0.416 e. The van der Waals surface area contributed by atoms with Gasteiger partial charge in [0.2, 0.25) is 0 Å². The fraction of sp³-hybridized carbons (Fsp3) is 0.174. The molecule has 1 aliphatic heterocycles. The van der Waals surface area contributed by atoms with Gasteiger partial charge in [0, 0.05) is 35.6 Å². The number of hydrogen-bond acceptors (Lipinski definition) is 3. The number of aromatic nitrogens is 2. The van der Waals surface area contributed by atoms with Gasteiger partial charge in [0.1, 0.15) is 5.82 Å². The molecule has 0 aliphatic carbocycles. The molecule has 4 nitrogen and oxygen atoms in total. The van der Waals surface area contributed by atoms with Crippen LogP contribution < -0.4 is 0 Å². The lowest BCUT2D eigenvalue weighted by Crippen LogP contribution is -2.37. The molecule has 0 saturated carbocycles. The van der Waals surface area contributed by atoms with Gasteiger partial charge in [-0.1, -0.05) is 17.9 Å². The number of hydrogen-bond donors (Lipinski definition) is 0. The van der Waals surface area contributed by atoms with Gasteiger partial charge in [-0.15, -0.1) is 0 Å². The van der Waals surface area contributed by atoms with E-state index in [-0.39, 0.29) is 5.91 Å². The van der Waals surface area contributed by atoms with Crippen molar-refractivity contribution in [1.82, 2.24) is 14.9 Å². The molecule has 7 heteroatoms. The maximum atomic E-state index is 12.9. The fourth-order valence-electron chi connectivity index (χ4n) is 3.22. The van der Waals surface area contributed by atoms with E-state index in [2.05, 4.69) is 21.8 Å². The quantitative estimate of drug-likeness (QED) is 0.601. The van der Waals surface area contributed by atoms with Gasteiger partial charge >= 0.3 is 6.18 Å². The Morgan fingerprint density at radius 2 is 1.63 bits per heavy atom. The highest BCUT2D eigenvalue weighted by atomic mass is 19.4. The average Bonchev–Trinajstić information content (AvgIpc) is 2.75. The Kier molecular flexibility index (Phi) is 5.23. The first-order valence-corrected chi connectivity index (χ1v) is 9.27. The van der Waals surface area contributed by atoms with E-state index in [0.717, 1.165) is 24.1 Å². The van der Waals surface area contributed by atoms with Crippen molar-refractivity contribution in [3.63, 3.8) is 0 Å². The summed E-state index contributed by atoms with van der Waals surface area (Å²) in [6.07, 6.45) is -0.374. The Labute approximate surface area is 171 Å². The molecule has 30 heavy (non-hydrogen) atoms. The van der Waals surface area contributed by atoms with E-state index in [1.165, 1.54) is 12.1 Å². The van der Waals surface area contributed by atoms with Crippen molar-refractivity contribution in [2.75, 3.05) is 6.54 Å². The number of carbonyl (C=O) groups is 1. The lowest BCUT2D eigenvalue weighted by molar-refractivity contribution is -0.137. The lowest BCUT2D eigenvalue weighted by Gasteiger charge is -2.28. The predicted molar refractivity (Wildman–Crippen MR) is 104 cm³/mol. The second-order valence-corrected chi connectivity index (χ2v) is 6.84. The van der Waals surface area contributed by atoms with Gasteiger partial charge in [0.05, 0.1) is 12.1 Å². The third-order valence-electron chi connectivity index (χ3n) is 4.79. The first-order valence-electron chi connectivity index (χ1n) is 9.27. The smallest absolute Gasteiger partial charge is 0.331 e. The zero-order valence-corrected chi connectivity index (χ0v) is 15.8. The summed E-state index contributed by atoms with van der Waals surface area (Å²) in [6, 6.07) is 11.8. The zero-order chi connectivity index (χ0) is 21.1. The molecular formula is C23H16F3N3O. The van der Waals surface area contributed by atoms with E-state index in [0.29, 0.717) is 35.6 Å². The van der Waals surface area contributed by atoms with Gasteiger partial charge in [-0.2, -0.15) is 13.2 Å². The number of halogens is 3. The van der Waals surface area contributed by atoms with Crippen LogP contribution in [0.15, 0.2) is 60.9 Å². The SMILES string of the molecule is O=C1c2cc(C#Cc3ccc(C(F)(F)F)cc3)ccc2CCN1Cc1ncccn1. The summed E-state index contributed by atoms with van der Waals surface area (Å²) in [5.74, 6) is 6.24. The minimum Gasteiger partial charge on any atom is -0.331 e. The minimum atomic E-state index is -4.37. The predicted octanol–water partition coefficient (Wildman–Crippen LogP) is 4.09. The molecule has 2 aromatic carbocycles. The second-order valence-electron chi connectivity index (χ2n) is 6.84. The summed E-state index contributed by atoms with van der Waals surface area (Å²) < 4.78 is 38.0. The molecule has 0 spiro atoms. The molecule has 150 valence electrons. The molecule has 0 N–H and O–H groups in total. The molecule has 0 bridgehead atoms. The topological polar surface area (TPSA) is 46.1 Å². The standard InChI is InChI=1S/C23H16F3N3O/c24-23(25,26)19-8-5-16(6-9-19)2-3-17-4-7-18-10-13-29(22(30)20(18)14-17)15-21-27-11-1-12-28-21/h1,4-9,11-12,14H,10,13,15H2. The van der Waals surface area contributed by atoms with Crippen molar-refractivity contribution in [3.05, 3.63) is 94.6 Å². The van der Waals surface area contributed by atoms with E-state index in [1.54, 1.807) is 29.4 Å². The van der Waals surface area contributed by atoms with Crippen LogP contribution in [0.1, 0.15) is 38.4 Å². The second kappa shape index (κ2) is 7.99. The third-order valence-corrected chi connectivity index (χ3v) is 4.79. The molecule has 0 fully saturated rings. The number of benzene rings is 2. The normalized spacial score (nSPS) is 13.4. The van der Waals surface area contributed by atoms with E-state index < -0.39 is 11.7 Å². The Morgan fingerprint density at radius 3 is 2.33 bits per heavy atom. The Morgan fingerprint density at radius 1 is 0.967 bits per heavy atom. The van der Waals surface area contributed by atoms with Crippen LogP contribution in [-0.4, -0.2) is 27.3 Å². The number of fused-ring (bicyclic) bond motifs is 1. The van der Waals surface area contributed by atoms with Crippen LogP contribution >= 0.6 is 0 Å². The van der Waals surface area contributed by atoms with Crippen LogP contribution in [0.4, 0.5) is 13.2 Å². The number of amides is 1. The van der Waals surface area contributed by atoms with Crippen molar-refractivity contribution in [3.8, 4) is 11.8 Å². The van der Waals surface area contributed by atoms with Crippen LogP contribution in [0.25, 0.3) is 0 Å². The van der Waals surface area contributed by atoms with Crippen LogP contribution in [-0.2, 0) is 19.1 Å². The van der Waals surface area contributed by atoms with E-state index in [4.69, 9.17) is 0 Å². The summed E-state index contributed by atoms with van der Waals surface area (Å²) in [5, 5.41) is 0. The van der Waals surface area contributed by atoms with Crippen molar-refractivity contribution >= 4 is 5.91 Å². The van der Waals surface area contributed by atoms with Crippen molar-refractivity contribution in [2.45, 2.75) is 19.1 Å². The minimum absolute atomic E-state index is 0.109. The van der Waals surface area contributed by atoms with Gasteiger partial charge in [-0.05, 0) is 54.4 Å². The maximum absolute atomic E-state index is 12.9. The molecule has 0 saturated heterocycles. The highest BCUT2D eigenvalue weighted by Crippen LogP contribution is 2.29. The molecule has 0 atom stereocenters. The number of nitrogens with zero attached hydrogens (tertiary/aromatic N) is 3. The maximum Gasteiger partial charge on any atom is 0.416 e. The van der Waals surface area contributed by atoms with Crippen LogP contribution in [0.2, 0.25) is 0 Å². The van der Waals surface area contributed by atoms with E-state index in [1.807, 2.05) is 12.1 Å². The molecule has 4 rings (SSSR count). The van der Waals surface area contributed by atoms with Crippen molar-refractivity contribution < 1.29 is 18.0 Å². The molecule has 1 aromatic heterocycles. The highest BCUT2D eigenvalue weighted by Gasteiger charge is 2.30. The molecule has 1 amide bonds. The van der Waals surface area contributed by atoms with Crippen LogP contribution in [0, 0.1) is 11.8 Å². The van der Waals surface area contributed by atoms with Gasteiger partial charge in [0.25, 0.3) is 5.91 Å². The molecule has 0 radical (unpaired) electrons. The molecular weight excluding hydrogens is 391 g/mol. The van der Waals surface area contributed by atoms with E-state index in [9.17, 15) is 18.0 Å². The fourth-order valence-corrected chi connectivity index (χ4v) is 3.22. The summed E-state index contributed by atoms with van der Waals surface area (Å²) in [7, 11) is 0. The van der Waals surface area contributed by atoms with Crippen LogP contribution in [0.5, 0.6) is 0 Å². The Hall–Kier alpha value is -3.66. The summed E-state index contributed by atoms with van der Waals surface area (Å²) in [4.78, 5) is 22.9. The highest BCUT2D eigenvalue weighted by molar-refractivity contribution is 5.97. The Bertz CT molecular complexity index is 1130. The third kappa shape index (κ3) is 4.33. The number of alkyl halides is 3. The number of rotatable bonds is 2. The summed E-state index contributed by atoms with van der Waals surface area (Å²) in [6.45, 7) is 0.918.